The number of carbonyl (C=O) groups is 1. The Morgan fingerprint density at radius 1 is 1.16 bits per heavy atom. The van der Waals surface area contributed by atoms with Crippen LogP contribution in [0.3, 0.4) is 0 Å². The SMILES string of the molecule is Cc1ccc(C(N)C(=O)NCCc2c[nH]c3c(C)cccc23)cc1.Cl. The van der Waals surface area contributed by atoms with Crippen LogP contribution in [-0.4, -0.2) is 17.4 Å². The molecule has 5 heteroatoms. The Balaban J connectivity index is 0.00000225. The molecule has 1 atom stereocenters. The first kappa shape index (κ1) is 19.0. The van der Waals surface area contributed by atoms with E-state index < -0.39 is 6.04 Å². The molecular formula is C20H24ClN3O. The van der Waals surface area contributed by atoms with Crippen molar-refractivity contribution < 1.29 is 4.79 Å². The minimum absolute atomic E-state index is 0. The second-order valence-corrected chi connectivity index (χ2v) is 6.24. The van der Waals surface area contributed by atoms with Crippen molar-refractivity contribution in [3.63, 3.8) is 0 Å². The van der Waals surface area contributed by atoms with Crippen molar-refractivity contribution in [2.24, 2.45) is 5.73 Å². The molecule has 0 aliphatic rings. The summed E-state index contributed by atoms with van der Waals surface area (Å²) in [6.45, 7) is 4.67. The Morgan fingerprint density at radius 3 is 2.60 bits per heavy atom. The summed E-state index contributed by atoms with van der Waals surface area (Å²) in [6, 6.07) is 13.4. The van der Waals surface area contributed by atoms with Crippen LogP contribution in [0.4, 0.5) is 0 Å². The minimum Gasteiger partial charge on any atom is -0.361 e. The molecule has 0 saturated carbocycles. The van der Waals surface area contributed by atoms with E-state index in [-0.39, 0.29) is 18.3 Å². The second kappa shape index (κ2) is 8.19. The molecular weight excluding hydrogens is 334 g/mol. The van der Waals surface area contributed by atoms with E-state index in [0.717, 1.165) is 23.1 Å². The van der Waals surface area contributed by atoms with Crippen LogP contribution in [0.5, 0.6) is 0 Å². The van der Waals surface area contributed by atoms with Gasteiger partial charge in [0.05, 0.1) is 0 Å². The summed E-state index contributed by atoms with van der Waals surface area (Å²) in [5.74, 6) is -0.144. The molecule has 2 aromatic carbocycles. The molecule has 0 bridgehead atoms. The molecule has 0 aliphatic heterocycles. The summed E-state index contributed by atoms with van der Waals surface area (Å²) in [6.07, 6.45) is 2.79. The van der Waals surface area contributed by atoms with Crippen molar-refractivity contribution >= 4 is 29.2 Å². The average Bonchev–Trinajstić information content (AvgIpc) is 2.99. The van der Waals surface area contributed by atoms with E-state index in [2.05, 4.69) is 35.4 Å². The largest absolute Gasteiger partial charge is 0.361 e. The van der Waals surface area contributed by atoms with Gasteiger partial charge in [-0.25, -0.2) is 0 Å². The number of para-hydroxylation sites is 1. The lowest BCUT2D eigenvalue weighted by Gasteiger charge is -2.12. The Morgan fingerprint density at radius 2 is 1.88 bits per heavy atom. The van der Waals surface area contributed by atoms with E-state index in [9.17, 15) is 4.79 Å². The third kappa shape index (κ3) is 4.21. The first-order valence-electron chi connectivity index (χ1n) is 8.21. The van der Waals surface area contributed by atoms with Crippen molar-refractivity contribution in [2.45, 2.75) is 26.3 Å². The van der Waals surface area contributed by atoms with Gasteiger partial charge in [0.25, 0.3) is 0 Å². The number of hydrogen-bond donors (Lipinski definition) is 3. The topological polar surface area (TPSA) is 70.9 Å². The molecule has 4 nitrogen and oxygen atoms in total. The fourth-order valence-corrected chi connectivity index (χ4v) is 2.93. The third-order valence-electron chi connectivity index (χ3n) is 4.42. The molecule has 0 aliphatic carbocycles. The fourth-order valence-electron chi connectivity index (χ4n) is 2.93. The Bertz CT molecular complexity index is 855. The number of fused-ring (bicyclic) bond motifs is 1. The monoisotopic (exact) mass is 357 g/mol. The van der Waals surface area contributed by atoms with Gasteiger partial charge in [-0.05, 0) is 37.0 Å². The van der Waals surface area contributed by atoms with Gasteiger partial charge in [-0.15, -0.1) is 12.4 Å². The van der Waals surface area contributed by atoms with Gasteiger partial charge < -0.3 is 16.0 Å². The molecule has 3 rings (SSSR count). The zero-order valence-electron chi connectivity index (χ0n) is 14.5. The molecule has 25 heavy (non-hydrogen) atoms. The van der Waals surface area contributed by atoms with Crippen LogP contribution in [-0.2, 0) is 11.2 Å². The van der Waals surface area contributed by atoms with Gasteiger partial charge in [-0.3, -0.25) is 4.79 Å². The predicted octanol–water partition coefficient (Wildman–Crippen LogP) is 3.57. The van der Waals surface area contributed by atoms with Crippen LogP contribution >= 0.6 is 12.4 Å². The van der Waals surface area contributed by atoms with Crippen LogP contribution in [0.1, 0.15) is 28.3 Å². The van der Waals surface area contributed by atoms with Crippen LogP contribution in [0, 0.1) is 13.8 Å². The lowest BCUT2D eigenvalue weighted by Crippen LogP contribution is -2.35. The van der Waals surface area contributed by atoms with Gasteiger partial charge in [0.1, 0.15) is 6.04 Å². The Labute approximate surface area is 154 Å². The number of hydrogen-bond acceptors (Lipinski definition) is 2. The highest BCUT2D eigenvalue weighted by molar-refractivity contribution is 5.86. The Hall–Kier alpha value is -2.30. The number of rotatable bonds is 5. The second-order valence-electron chi connectivity index (χ2n) is 6.24. The fraction of sp³-hybridized carbons (Fsp3) is 0.250. The van der Waals surface area contributed by atoms with Crippen molar-refractivity contribution in [2.75, 3.05) is 6.54 Å². The quantitative estimate of drug-likeness (QED) is 0.653. The van der Waals surface area contributed by atoms with Gasteiger partial charge in [-0.2, -0.15) is 0 Å². The normalized spacial score (nSPS) is 11.8. The summed E-state index contributed by atoms with van der Waals surface area (Å²) in [7, 11) is 0. The van der Waals surface area contributed by atoms with E-state index in [1.165, 1.54) is 16.5 Å². The van der Waals surface area contributed by atoms with Gasteiger partial charge in [0, 0.05) is 23.6 Å². The summed E-state index contributed by atoms with van der Waals surface area (Å²) in [5.41, 5.74) is 11.6. The number of aromatic amines is 1. The molecule has 0 radical (unpaired) electrons. The maximum absolute atomic E-state index is 12.2. The summed E-state index contributed by atoms with van der Waals surface area (Å²) in [5, 5.41) is 4.15. The van der Waals surface area contributed by atoms with Crippen molar-refractivity contribution in [1.29, 1.82) is 0 Å². The number of halogens is 1. The number of H-pyrrole nitrogens is 1. The van der Waals surface area contributed by atoms with Crippen LogP contribution in [0.15, 0.2) is 48.7 Å². The van der Waals surface area contributed by atoms with Gasteiger partial charge in [-0.1, -0.05) is 48.0 Å². The zero-order chi connectivity index (χ0) is 17.1. The van der Waals surface area contributed by atoms with E-state index in [1.807, 2.05) is 37.4 Å². The number of aromatic nitrogens is 1. The maximum Gasteiger partial charge on any atom is 0.241 e. The molecule has 1 unspecified atom stereocenters. The molecule has 1 amide bonds. The molecule has 0 spiro atoms. The highest BCUT2D eigenvalue weighted by Gasteiger charge is 2.15. The number of benzene rings is 2. The molecule has 1 heterocycles. The zero-order valence-corrected chi connectivity index (χ0v) is 15.3. The van der Waals surface area contributed by atoms with Crippen molar-refractivity contribution in [1.82, 2.24) is 10.3 Å². The first-order valence-corrected chi connectivity index (χ1v) is 8.21. The number of aryl methyl sites for hydroxylation is 2. The molecule has 132 valence electrons. The lowest BCUT2D eigenvalue weighted by molar-refractivity contribution is -0.122. The van der Waals surface area contributed by atoms with E-state index in [1.54, 1.807) is 0 Å². The summed E-state index contributed by atoms with van der Waals surface area (Å²) < 4.78 is 0. The number of nitrogens with one attached hydrogen (secondary N) is 2. The average molecular weight is 358 g/mol. The molecule has 0 fully saturated rings. The van der Waals surface area contributed by atoms with E-state index >= 15 is 0 Å². The van der Waals surface area contributed by atoms with E-state index in [4.69, 9.17) is 5.73 Å². The molecule has 0 saturated heterocycles. The van der Waals surface area contributed by atoms with Crippen molar-refractivity contribution in [3.05, 3.63) is 70.9 Å². The van der Waals surface area contributed by atoms with Gasteiger partial charge in [0.2, 0.25) is 5.91 Å². The van der Waals surface area contributed by atoms with Crippen LogP contribution in [0.2, 0.25) is 0 Å². The van der Waals surface area contributed by atoms with Crippen LogP contribution < -0.4 is 11.1 Å². The van der Waals surface area contributed by atoms with Gasteiger partial charge >= 0.3 is 0 Å². The summed E-state index contributed by atoms with van der Waals surface area (Å²) >= 11 is 0. The minimum atomic E-state index is -0.629. The lowest BCUT2D eigenvalue weighted by atomic mass is 10.0. The predicted molar refractivity (Wildman–Crippen MR) is 105 cm³/mol. The Kier molecular flexibility index (Phi) is 6.23. The molecule has 4 N–H and O–H groups in total. The maximum atomic E-state index is 12.2. The van der Waals surface area contributed by atoms with Crippen LogP contribution in [0.25, 0.3) is 10.9 Å². The molecule has 3 aromatic rings. The smallest absolute Gasteiger partial charge is 0.241 e. The highest BCUT2D eigenvalue weighted by Crippen LogP contribution is 2.21. The standard InChI is InChI=1S/C20H23N3O.ClH/c1-13-6-8-15(9-7-13)18(21)20(24)22-11-10-16-12-23-19-14(2)4-3-5-17(16)19;/h3-9,12,18,23H,10-11,21H2,1-2H3,(H,22,24);1H. The highest BCUT2D eigenvalue weighted by atomic mass is 35.5. The summed E-state index contributed by atoms with van der Waals surface area (Å²) in [4.78, 5) is 15.5. The first-order chi connectivity index (χ1) is 11.6. The van der Waals surface area contributed by atoms with Gasteiger partial charge in [0.15, 0.2) is 0 Å². The van der Waals surface area contributed by atoms with E-state index in [0.29, 0.717) is 6.54 Å². The number of amides is 1. The number of nitrogens with two attached hydrogens (primary N) is 1. The third-order valence-corrected chi connectivity index (χ3v) is 4.42. The number of carbonyl (C=O) groups excluding carboxylic acids is 1. The molecule has 1 aromatic heterocycles. The van der Waals surface area contributed by atoms with Crippen molar-refractivity contribution in [3.8, 4) is 0 Å².